The predicted molar refractivity (Wildman–Crippen MR) is 77.5 cm³/mol. The summed E-state index contributed by atoms with van der Waals surface area (Å²) in [4.78, 5) is 4.47. The topological polar surface area (TPSA) is 54.5 Å². The normalized spacial score (nSPS) is 10.4. The molecule has 1 aromatic carbocycles. The molecule has 2 aromatic rings. The van der Waals surface area contributed by atoms with Crippen LogP contribution in [0.2, 0.25) is 0 Å². The van der Waals surface area contributed by atoms with Crippen molar-refractivity contribution in [2.75, 3.05) is 0 Å². The van der Waals surface area contributed by atoms with Gasteiger partial charge in [0, 0.05) is 18.2 Å². The molecule has 0 unspecified atom stereocenters. The third kappa shape index (κ3) is 2.69. The number of aromatic nitrogens is 3. The van der Waals surface area contributed by atoms with Crippen LogP contribution in [0.15, 0.2) is 18.2 Å². The highest BCUT2D eigenvalue weighted by Gasteiger charge is 2.12. The zero-order chi connectivity index (χ0) is 13.8. The number of hydrogen-bond donors (Lipinski definition) is 0. The maximum atomic E-state index is 9.30. The predicted octanol–water partition coefficient (Wildman–Crippen LogP) is 3.16. The molecule has 1 aromatic heterocycles. The minimum absolute atomic E-state index is 0.624. The molecule has 0 radical (unpaired) electrons. The molecule has 98 valence electrons. The number of rotatable bonds is 4. The Morgan fingerprint density at radius 2 is 2.11 bits per heavy atom. The van der Waals surface area contributed by atoms with Gasteiger partial charge in [-0.2, -0.15) is 10.4 Å². The van der Waals surface area contributed by atoms with Crippen molar-refractivity contribution in [3.8, 4) is 11.8 Å². The summed E-state index contributed by atoms with van der Waals surface area (Å²) in [6.07, 6.45) is 1.58. The molecule has 4 nitrogen and oxygen atoms in total. The Kier molecular flexibility index (Phi) is 4.33. The van der Waals surface area contributed by atoms with Gasteiger partial charge in [0.05, 0.1) is 11.3 Å². The Hall–Kier alpha value is -1.67. The van der Waals surface area contributed by atoms with Crippen LogP contribution in [0, 0.1) is 11.3 Å². The number of hydrogen-bond acceptors (Lipinski definition) is 3. The van der Waals surface area contributed by atoms with E-state index in [-0.39, 0.29) is 0 Å². The van der Waals surface area contributed by atoms with E-state index in [1.54, 1.807) is 4.68 Å². The molecular weight excluding hydrogens is 304 g/mol. The lowest BCUT2D eigenvalue weighted by molar-refractivity contribution is 0.789. The average Bonchev–Trinajstić information content (AvgIpc) is 2.89. The highest BCUT2D eigenvalue weighted by atomic mass is 79.9. The molecule has 2 rings (SSSR count). The zero-order valence-electron chi connectivity index (χ0n) is 11.0. The molecule has 0 N–H and O–H groups in total. The van der Waals surface area contributed by atoms with Crippen LogP contribution < -0.4 is 0 Å². The van der Waals surface area contributed by atoms with Gasteiger partial charge < -0.3 is 0 Å². The maximum Gasteiger partial charge on any atom is 0.151 e. The van der Waals surface area contributed by atoms with Gasteiger partial charge in [-0.15, -0.1) is 0 Å². The van der Waals surface area contributed by atoms with Gasteiger partial charge in [-0.3, -0.25) is 0 Å². The summed E-state index contributed by atoms with van der Waals surface area (Å²) in [5, 5.41) is 14.5. The van der Waals surface area contributed by atoms with Gasteiger partial charge in [-0.1, -0.05) is 35.8 Å². The summed E-state index contributed by atoms with van der Waals surface area (Å²) in [6, 6.07) is 8.05. The van der Waals surface area contributed by atoms with Crippen LogP contribution in [-0.4, -0.2) is 14.8 Å². The zero-order valence-corrected chi connectivity index (χ0v) is 12.6. The SMILES string of the molecule is CCc1nc(CC)n(-c2ccc(CBr)cc2C#N)n1. The lowest BCUT2D eigenvalue weighted by atomic mass is 10.1. The first-order valence-corrected chi connectivity index (χ1v) is 7.39. The fourth-order valence-corrected chi connectivity index (χ4v) is 2.25. The molecule has 0 aliphatic heterocycles. The van der Waals surface area contributed by atoms with Crippen LogP contribution in [0.4, 0.5) is 0 Å². The van der Waals surface area contributed by atoms with Crippen LogP contribution in [0.1, 0.15) is 36.6 Å². The number of aryl methyl sites for hydroxylation is 2. The Morgan fingerprint density at radius 1 is 1.32 bits per heavy atom. The third-order valence-corrected chi connectivity index (χ3v) is 3.56. The number of halogens is 1. The molecule has 0 saturated carbocycles. The molecule has 0 amide bonds. The van der Waals surface area contributed by atoms with Gasteiger partial charge in [0.1, 0.15) is 11.9 Å². The molecule has 1 heterocycles. The van der Waals surface area contributed by atoms with Crippen LogP contribution in [0.25, 0.3) is 5.69 Å². The molecular formula is C14H15BrN4. The summed E-state index contributed by atoms with van der Waals surface area (Å²) in [5.74, 6) is 1.70. The van der Waals surface area contributed by atoms with Crippen molar-refractivity contribution in [1.29, 1.82) is 5.26 Å². The van der Waals surface area contributed by atoms with E-state index in [9.17, 15) is 5.26 Å². The smallest absolute Gasteiger partial charge is 0.151 e. The average molecular weight is 319 g/mol. The quantitative estimate of drug-likeness (QED) is 0.814. The molecule has 0 spiro atoms. The van der Waals surface area contributed by atoms with Gasteiger partial charge in [0.25, 0.3) is 0 Å². The molecule has 0 saturated heterocycles. The number of alkyl halides is 1. The molecule has 0 fully saturated rings. The van der Waals surface area contributed by atoms with E-state index >= 15 is 0 Å². The third-order valence-electron chi connectivity index (χ3n) is 2.91. The first-order chi connectivity index (χ1) is 9.23. The van der Waals surface area contributed by atoms with Crippen molar-refractivity contribution in [2.45, 2.75) is 32.0 Å². The Balaban J connectivity index is 2.58. The van der Waals surface area contributed by atoms with Crippen LogP contribution in [-0.2, 0) is 18.2 Å². The van der Waals surface area contributed by atoms with E-state index in [1.165, 1.54) is 0 Å². The molecule has 0 aliphatic rings. The lowest BCUT2D eigenvalue weighted by Gasteiger charge is -2.07. The van der Waals surface area contributed by atoms with Gasteiger partial charge in [0.2, 0.25) is 0 Å². The highest BCUT2D eigenvalue weighted by Crippen LogP contribution is 2.19. The minimum atomic E-state index is 0.624. The van der Waals surface area contributed by atoms with Gasteiger partial charge in [0.15, 0.2) is 5.82 Å². The van der Waals surface area contributed by atoms with Crippen LogP contribution in [0.3, 0.4) is 0 Å². The molecule has 5 heteroatoms. The summed E-state index contributed by atoms with van der Waals surface area (Å²) in [7, 11) is 0. The Morgan fingerprint density at radius 3 is 2.68 bits per heavy atom. The van der Waals surface area contributed by atoms with Crippen molar-refractivity contribution < 1.29 is 0 Å². The standard InChI is InChI=1S/C14H15BrN4/c1-3-13-17-14(4-2)19(18-13)12-6-5-10(8-15)7-11(12)9-16/h5-7H,3-4,8H2,1-2H3. The Labute approximate surface area is 121 Å². The Bertz CT molecular complexity index is 625. The molecule has 0 atom stereocenters. The number of nitrogens with zero attached hydrogens (tertiary/aromatic N) is 4. The van der Waals surface area contributed by atoms with Gasteiger partial charge in [-0.25, -0.2) is 9.67 Å². The van der Waals surface area contributed by atoms with E-state index in [0.29, 0.717) is 5.56 Å². The maximum absolute atomic E-state index is 9.30. The highest BCUT2D eigenvalue weighted by molar-refractivity contribution is 9.08. The van der Waals surface area contributed by atoms with E-state index in [2.05, 4.69) is 32.1 Å². The fourth-order valence-electron chi connectivity index (χ4n) is 1.90. The van der Waals surface area contributed by atoms with Crippen molar-refractivity contribution in [3.05, 3.63) is 41.0 Å². The fraction of sp³-hybridized carbons (Fsp3) is 0.357. The molecule has 0 bridgehead atoms. The van der Waals surface area contributed by atoms with Crippen LogP contribution in [0.5, 0.6) is 0 Å². The van der Waals surface area contributed by atoms with Crippen molar-refractivity contribution in [2.24, 2.45) is 0 Å². The summed E-state index contributed by atoms with van der Waals surface area (Å²) in [5.41, 5.74) is 2.50. The first kappa shape index (κ1) is 13.8. The number of benzene rings is 1. The van der Waals surface area contributed by atoms with Crippen molar-refractivity contribution in [1.82, 2.24) is 14.8 Å². The second kappa shape index (κ2) is 5.98. The van der Waals surface area contributed by atoms with Gasteiger partial charge >= 0.3 is 0 Å². The largest absolute Gasteiger partial charge is 0.216 e. The molecule has 0 aliphatic carbocycles. The summed E-state index contributed by atoms with van der Waals surface area (Å²) in [6.45, 7) is 4.07. The van der Waals surface area contributed by atoms with E-state index in [1.807, 2.05) is 32.0 Å². The first-order valence-electron chi connectivity index (χ1n) is 6.27. The number of nitriles is 1. The van der Waals surface area contributed by atoms with E-state index in [0.717, 1.165) is 41.1 Å². The second-order valence-corrected chi connectivity index (χ2v) is 4.72. The van der Waals surface area contributed by atoms with Crippen LogP contribution >= 0.6 is 15.9 Å². The monoisotopic (exact) mass is 318 g/mol. The summed E-state index contributed by atoms with van der Waals surface area (Å²) < 4.78 is 1.79. The van der Waals surface area contributed by atoms with Crippen molar-refractivity contribution in [3.63, 3.8) is 0 Å². The second-order valence-electron chi connectivity index (χ2n) is 4.16. The molecule has 19 heavy (non-hydrogen) atoms. The van der Waals surface area contributed by atoms with Gasteiger partial charge in [-0.05, 0) is 17.7 Å². The lowest BCUT2D eigenvalue weighted by Crippen LogP contribution is -2.05. The summed E-state index contributed by atoms with van der Waals surface area (Å²) >= 11 is 3.40. The van der Waals surface area contributed by atoms with Crippen molar-refractivity contribution >= 4 is 15.9 Å². The minimum Gasteiger partial charge on any atom is -0.216 e. The van der Waals surface area contributed by atoms with E-state index in [4.69, 9.17) is 0 Å². The van der Waals surface area contributed by atoms with E-state index < -0.39 is 0 Å².